The topological polar surface area (TPSA) is 47.8 Å². The van der Waals surface area contributed by atoms with Crippen LogP contribution in [-0.2, 0) is 0 Å². The predicted octanol–water partition coefficient (Wildman–Crippen LogP) is 6.25. The van der Waals surface area contributed by atoms with Crippen molar-refractivity contribution in [3.05, 3.63) is 71.1 Å². The van der Waals surface area contributed by atoms with Crippen LogP contribution in [-0.4, -0.2) is 13.2 Å². The van der Waals surface area contributed by atoms with Gasteiger partial charge in [0.15, 0.2) is 5.58 Å². The van der Waals surface area contributed by atoms with E-state index in [1.807, 2.05) is 25.2 Å². The molecule has 0 unspecified atom stereocenters. The molecule has 3 aromatic carbocycles. The second-order valence-corrected chi connectivity index (χ2v) is 7.37. The van der Waals surface area contributed by atoms with E-state index in [1.165, 1.54) is 0 Å². The summed E-state index contributed by atoms with van der Waals surface area (Å²) in [6, 6.07) is 17.9. The molecule has 5 nitrogen and oxygen atoms in total. The third-order valence-electron chi connectivity index (χ3n) is 5.86. The van der Waals surface area contributed by atoms with Crippen molar-refractivity contribution in [2.45, 2.75) is 20.0 Å². The first-order valence-electron chi connectivity index (χ1n) is 9.44. The van der Waals surface area contributed by atoms with E-state index in [1.54, 1.807) is 12.1 Å². The van der Waals surface area contributed by atoms with Gasteiger partial charge in [0.25, 0.3) is 0 Å². The van der Waals surface area contributed by atoms with E-state index in [0.29, 0.717) is 11.3 Å². The molecule has 140 valence electrons. The zero-order chi connectivity index (χ0) is 20.3. The zero-order valence-corrected chi connectivity index (χ0v) is 16.4. The van der Waals surface area contributed by atoms with Gasteiger partial charge in [-0.15, -0.1) is 0 Å². The van der Waals surface area contributed by atoms with Gasteiger partial charge in [-0.2, -0.15) is 5.26 Å². The van der Waals surface area contributed by atoms with E-state index in [0.717, 1.165) is 44.6 Å². The van der Waals surface area contributed by atoms with Crippen molar-refractivity contribution < 1.29 is 4.42 Å². The number of fused-ring (bicyclic) bond motifs is 4. The first-order valence-corrected chi connectivity index (χ1v) is 9.44. The lowest BCUT2D eigenvalue weighted by Crippen LogP contribution is -2.36. The van der Waals surface area contributed by atoms with Crippen LogP contribution >= 0.6 is 0 Å². The summed E-state index contributed by atoms with van der Waals surface area (Å²) in [6.07, 6.45) is -0.0717. The van der Waals surface area contributed by atoms with Crippen LogP contribution in [0.2, 0.25) is 0 Å². The van der Waals surface area contributed by atoms with Crippen molar-refractivity contribution in [1.29, 1.82) is 5.26 Å². The van der Waals surface area contributed by atoms with Gasteiger partial charge in [-0.25, -0.2) is 4.85 Å². The number of hydrogen-bond acceptors (Lipinski definition) is 4. The van der Waals surface area contributed by atoms with E-state index in [9.17, 15) is 5.26 Å². The summed E-state index contributed by atoms with van der Waals surface area (Å²) in [7, 11) is 1.96. The van der Waals surface area contributed by atoms with Crippen LogP contribution in [0.25, 0.3) is 26.8 Å². The van der Waals surface area contributed by atoms with Gasteiger partial charge in [-0.1, -0.05) is 42.5 Å². The molecule has 5 heteroatoms. The van der Waals surface area contributed by atoms with Crippen molar-refractivity contribution in [3.8, 4) is 6.07 Å². The number of nitriles is 1. The minimum absolute atomic E-state index is 0.0717. The largest absolute Gasteiger partial charge is 0.454 e. The van der Waals surface area contributed by atoms with Crippen molar-refractivity contribution in [1.82, 2.24) is 0 Å². The number of anilines is 3. The molecule has 1 aliphatic rings. The number of nitrogens with zero attached hydrogens (tertiary/aromatic N) is 4. The Bertz CT molecular complexity index is 1390. The lowest BCUT2D eigenvalue weighted by atomic mass is 10.1. The van der Waals surface area contributed by atoms with Crippen LogP contribution in [0.5, 0.6) is 0 Å². The smallest absolute Gasteiger partial charge is 0.212 e. The first kappa shape index (κ1) is 17.2. The highest BCUT2D eigenvalue weighted by Crippen LogP contribution is 2.53. The number of furan rings is 1. The van der Waals surface area contributed by atoms with Crippen LogP contribution in [0.3, 0.4) is 0 Å². The molecule has 0 spiro atoms. The number of aryl methyl sites for hydroxylation is 1. The fourth-order valence-corrected chi connectivity index (χ4v) is 4.36. The Labute approximate surface area is 168 Å². The molecule has 5 rings (SSSR count). The van der Waals surface area contributed by atoms with E-state index in [2.05, 4.69) is 52.8 Å². The number of rotatable bonds is 1. The molecule has 0 aliphatic carbocycles. The van der Waals surface area contributed by atoms with Crippen LogP contribution in [0, 0.1) is 24.8 Å². The molecule has 1 aliphatic heterocycles. The molecule has 0 bridgehead atoms. The van der Waals surface area contributed by atoms with Crippen LogP contribution < -0.4 is 9.80 Å². The van der Waals surface area contributed by atoms with E-state index in [-0.39, 0.29) is 6.17 Å². The monoisotopic (exact) mass is 378 g/mol. The predicted molar refractivity (Wildman–Crippen MR) is 116 cm³/mol. The summed E-state index contributed by atoms with van der Waals surface area (Å²) in [5.74, 6) is 0. The lowest BCUT2D eigenvalue weighted by Gasteiger charge is -2.29. The molecule has 2 heterocycles. The molecular formula is C24H18N4O. The minimum Gasteiger partial charge on any atom is -0.454 e. The summed E-state index contributed by atoms with van der Waals surface area (Å²) in [4.78, 5) is 7.96. The highest BCUT2D eigenvalue weighted by atomic mass is 16.3. The number of hydrogen-bond donors (Lipinski definition) is 0. The van der Waals surface area contributed by atoms with Gasteiger partial charge in [-0.3, -0.25) is 0 Å². The van der Waals surface area contributed by atoms with Gasteiger partial charge in [0.05, 0.1) is 29.2 Å². The van der Waals surface area contributed by atoms with Crippen LogP contribution in [0.4, 0.5) is 22.7 Å². The average molecular weight is 378 g/mol. The molecule has 0 fully saturated rings. The summed E-state index contributed by atoms with van der Waals surface area (Å²) in [6.45, 7) is 11.8. The van der Waals surface area contributed by atoms with Gasteiger partial charge in [-0.05, 0) is 25.5 Å². The second-order valence-electron chi connectivity index (χ2n) is 7.37. The minimum atomic E-state index is -0.0717. The summed E-state index contributed by atoms with van der Waals surface area (Å²) in [5.41, 5.74) is 6.30. The standard InChI is InChI=1S/C24H18N4O/c1-14-9-11-18-17-7-5-6-8-20(17)29-24(18)21(14)28-15(2)27(4)22-16(13-25)10-12-19(26-3)23(22)28/h5-12,15H,1-2,4H3/t15-/m0/s1. The highest BCUT2D eigenvalue weighted by molar-refractivity contribution is 6.11. The van der Waals surface area contributed by atoms with Crippen LogP contribution in [0.15, 0.2) is 52.9 Å². The Kier molecular flexibility index (Phi) is 3.56. The Morgan fingerprint density at radius 3 is 2.59 bits per heavy atom. The molecule has 0 amide bonds. The molecule has 4 aromatic rings. The Morgan fingerprint density at radius 1 is 1.03 bits per heavy atom. The fraction of sp³-hybridized carbons (Fsp3) is 0.167. The molecule has 1 atom stereocenters. The molecule has 0 radical (unpaired) electrons. The molecule has 1 aromatic heterocycles. The maximum absolute atomic E-state index is 9.66. The quantitative estimate of drug-likeness (QED) is 0.367. The lowest BCUT2D eigenvalue weighted by molar-refractivity contribution is 0.661. The molecule has 0 saturated heterocycles. The number of para-hydroxylation sites is 1. The van der Waals surface area contributed by atoms with Crippen LogP contribution in [0.1, 0.15) is 18.1 Å². The summed E-state index contributed by atoms with van der Waals surface area (Å²) >= 11 is 0. The third kappa shape index (κ3) is 2.19. The van der Waals surface area contributed by atoms with Gasteiger partial charge in [0.1, 0.15) is 17.8 Å². The van der Waals surface area contributed by atoms with Crippen molar-refractivity contribution >= 4 is 44.7 Å². The van der Waals surface area contributed by atoms with E-state index < -0.39 is 0 Å². The van der Waals surface area contributed by atoms with E-state index in [4.69, 9.17) is 11.0 Å². The number of benzene rings is 3. The Morgan fingerprint density at radius 2 is 1.83 bits per heavy atom. The normalized spacial score (nSPS) is 15.6. The van der Waals surface area contributed by atoms with Gasteiger partial charge in [0, 0.05) is 17.8 Å². The van der Waals surface area contributed by atoms with Gasteiger partial charge >= 0.3 is 0 Å². The molecule has 29 heavy (non-hydrogen) atoms. The van der Waals surface area contributed by atoms with Crippen molar-refractivity contribution in [3.63, 3.8) is 0 Å². The highest BCUT2D eigenvalue weighted by Gasteiger charge is 2.37. The third-order valence-corrected chi connectivity index (χ3v) is 5.86. The maximum Gasteiger partial charge on any atom is 0.212 e. The van der Waals surface area contributed by atoms with Gasteiger partial charge < -0.3 is 14.2 Å². The Hall–Kier alpha value is -3.96. The van der Waals surface area contributed by atoms with Crippen molar-refractivity contribution in [2.75, 3.05) is 16.8 Å². The summed E-state index contributed by atoms with van der Waals surface area (Å²) in [5, 5.41) is 11.8. The van der Waals surface area contributed by atoms with Gasteiger partial charge in [0.2, 0.25) is 5.69 Å². The second kappa shape index (κ2) is 6.02. The SMILES string of the molecule is [C-]#[N+]c1ccc(C#N)c2c1N(c1c(C)ccc3c1oc1ccccc13)[C@@H](C)N2C. The summed E-state index contributed by atoms with van der Waals surface area (Å²) < 4.78 is 6.30. The fourth-order valence-electron chi connectivity index (χ4n) is 4.36. The molecular weight excluding hydrogens is 360 g/mol. The van der Waals surface area contributed by atoms with Crippen molar-refractivity contribution in [2.24, 2.45) is 0 Å². The molecule has 0 N–H and O–H groups in total. The first-order chi connectivity index (χ1) is 14.1. The Balaban J connectivity index is 1.89. The average Bonchev–Trinajstić information content (AvgIpc) is 3.24. The maximum atomic E-state index is 9.66. The van der Waals surface area contributed by atoms with E-state index >= 15 is 0 Å². The zero-order valence-electron chi connectivity index (χ0n) is 16.4. The molecule has 0 saturated carbocycles.